The number of fused-ring (bicyclic) bond motifs is 1. The summed E-state index contributed by atoms with van der Waals surface area (Å²) in [5.41, 5.74) is 4.17. The first-order valence-electron chi connectivity index (χ1n) is 10.1. The highest BCUT2D eigenvalue weighted by atomic mass is 19.1. The predicted octanol–water partition coefficient (Wildman–Crippen LogP) is 3.66. The number of pyridine rings is 1. The third-order valence-electron chi connectivity index (χ3n) is 4.98. The van der Waals surface area contributed by atoms with E-state index in [1.54, 1.807) is 36.8 Å². The topological polar surface area (TPSA) is 105 Å². The Morgan fingerprint density at radius 2 is 1.85 bits per heavy atom. The van der Waals surface area contributed by atoms with Gasteiger partial charge in [0.25, 0.3) is 0 Å². The summed E-state index contributed by atoms with van der Waals surface area (Å²) >= 11 is 0. The Morgan fingerprint density at radius 3 is 2.76 bits per heavy atom. The molecule has 0 fully saturated rings. The fraction of sp³-hybridized carbons (Fsp3) is 0.0833. The van der Waals surface area contributed by atoms with E-state index in [4.69, 9.17) is 0 Å². The summed E-state index contributed by atoms with van der Waals surface area (Å²) in [6, 6.07) is 11.0. The van der Waals surface area contributed by atoms with Crippen LogP contribution in [-0.4, -0.2) is 35.1 Å². The summed E-state index contributed by atoms with van der Waals surface area (Å²) in [4.78, 5) is 21.2. The number of aromatic amines is 1. The van der Waals surface area contributed by atoms with Crippen molar-refractivity contribution in [3.63, 3.8) is 0 Å². The van der Waals surface area contributed by atoms with Crippen LogP contribution in [-0.2, 0) is 6.54 Å². The van der Waals surface area contributed by atoms with Crippen LogP contribution >= 0.6 is 0 Å². The van der Waals surface area contributed by atoms with Crippen LogP contribution < -0.4 is 5.32 Å². The van der Waals surface area contributed by atoms with Crippen molar-refractivity contribution in [2.24, 2.45) is 0 Å². The van der Waals surface area contributed by atoms with Crippen LogP contribution in [0.25, 0.3) is 22.4 Å². The Kier molecular flexibility index (Phi) is 5.39. The molecule has 0 unspecified atom stereocenters. The zero-order valence-electron chi connectivity index (χ0n) is 17.5. The molecule has 0 amide bonds. The number of benzene rings is 1. The van der Waals surface area contributed by atoms with Crippen molar-refractivity contribution in [3.05, 3.63) is 89.5 Å². The van der Waals surface area contributed by atoms with Crippen molar-refractivity contribution in [1.82, 2.24) is 35.1 Å². The number of rotatable bonds is 4. The van der Waals surface area contributed by atoms with E-state index in [0.717, 1.165) is 22.0 Å². The normalized spacial score (nSPS) is 10.6. The Bertz CT molecular complexity index is 1500. The Hall–Kier alpha value is -4.71. The second-order valence-electron chi connectivity index (χ2n) is 7.20. The Morgan fingerprint density at radius 1 is 0.970 bits per heavy atom. The van der Waals surface area contributed by atoms with E-state index in [9.17, 15) is 4.39 Å². The van der Waals surface area contributed by atoms with Gasteiger partial charge in [0.05, 0.1) is 11.7 Å². The molecule has 0 aliphatic rings. The fourth-order valence-corrected chi connectivity index (χ4v) is 3.21. The number of hydrogen-bond acceptors (Lipinski definition) is 7. The number of anilines is 1. The zero-order valence-corrected chi connectivity index (χ0v) is 17.5. The van der Waals surface area contributed by atoms with E-state index in [0.29, 0.717) is 28.7 Å². The molecule has 0 atom stereocenters. The fourth-order valence-electron chi connectivity index (χ4n) is 3.21. The summed E-state index contributed by atoms with van der Waals surface area (Å²) in [5, 5.41) is 11.0. The number of hydrogen-bond donors (Lipinski definition) is 2. The number of nitrogens with zero attached hydrogens (tertiary/aromatic N) is 6. The monoisotopic (exact) mass is 436 g/mol. The molecule has 0 saturated carbocycles. The smallest absolute Gasteiger partial charge is 0.223 e. The number of aryl methyl sites for hydroxylation is 1. The minimum atomic E-state index is -0.514. The number of aromatic nitrogens is 7. The lowest BCUT2D eigenvalue weighted by Crippen LogP contribution is -2.08. The molecular weight excluding hydrogens is 419 g/mol. The average molecular weight is 436 g/mol. The van der Waals surface area contributed by atoms with E-state index in [1.807, 2.05) is 25.1 Å². The zero-order chi connectivity index (χ0) is 22.6. The van der Waals surface area contributed by atoms with Gasteiger partial charge in [0, 0.05) is 41.6 Å². The molecule has 5 rings (SSSR count). The van der Waals surface area contributed by atoms with Crippen molar-refractivity contribution >= 4 is 16.9 Å². The van der Waals surface area contributed by atoms with Gasteiger partial charge < -0.3 is 5.32 Å². The van der Waals surface area contributed by atoms with Crippen LogP contribution in [0, 0.1) is 24.7 Å². The SMILES string of the molecule is Cc1ccnc(F)c1CNc1nccc(-c2nccc(C#Cc3ccc4[nH]ncc4c3)n2)n1. The Balaban J connectivity index is 1.35. The number of H-pyrrole nitrogens is 1. The van der Waals surface area contributed by atoms with Crippen LogP contribution in [0.5, 0.6) is 0 Å². The first-order valence-corrected chi connectivity index (χ1v) is 10.1. The molecule has 0 spiro atoms. The van der Waals surface area contributed by atoms with E-state index < -0.39 is 5.95 Å². The molecule has 0 radical (unpaired) electrons. The first kappa shape index (κ1) is 20.2. The highest BCUT2D eigenvalue weighted by Crippen LogP contribution is 2.16. The molecule has 1 aromatic carbocycles. The second kappa shape index (κ2) is 8.80. The van der Waals surface area contributed by atoms with Crippen LogP contribution in [0.4, 0.5) is 10.3 Å². The van der Waals surface area contributed by atoms with Crippen molar-refractivity contribution in [2.75, 3.05) is 5.32 Å². The van der Waals surface area contributed by atoms with Crippen molar-refractivity contribution in [2.45, 2.75) is 13.5 Å². The largest absolute Gasteiger partial charge is 0.350 e. The van der Waals surface area contributed by atoms with Gasteiger partial charge in [-0.2, -0.15) is 9.49 Å². The maximum atomic E-state index is 14.0. The minimum absolute atomic E-state index is 0.211. The molecule has 2 N–H and O–H groups in total. The summed E-state index contributed by atoms with van der Waals surface area (Å²) in [6.45, 7) is 2.04. The summed E-state index contributed by atoms with van der Waals surface area (Å²) in [5.74, 6) is 6.42. The van der Waals surface area contributed by atoms with Gasteiger partial charge in [0.15, 0.2) is 5.82 Å². The standard InChI is InChI=1S/C24H17FN8/c1-15-6-9-26-22(25)19(15)14-29-24-28-11-8-21(32-24)23-27-10-7-18(31-23)4-2-16-3-5-20-17(12-16)13-30-33-20/h3,5-13H,14H2,1H3,(H,30,33)(H,28,29,32). The molecule has 4 aromatic heterocycles. The molecular formula is C24H17FN8. The van der Waals surface area contributed by atoms with Crippen molar-refractivity contribution in [1.29, 1.82) is 0 Å². The molecule has 8 nitrogen and oxygen atoms in total. The maximum Gasteiger partial charge on any atom is 0.223 e. The minimum Gasteiger partial charge on any atom is -0.350 e. The second-order valence-corrected chi connectivity index (χ2v) is 7.20. The molecule has 33 heavy (non-hydrogen) atoms. The van der Waals surface area contributed by atoms with Crippen LogP contribution in [0.3, 0.4) is 0 Å². The van der Waals surface area contributed by atoms with Crippen molar-refractivity contribution < 1.29 is 4.39 Å². The summed E-state index contributed by atoms with van der Waals surface area (Å²) in [7, 11) is 0. The quantitative estimate of drug-likeness (QED) is 0.327. The Labute approximate surface area is 188 Å². The van der Waals surface area contributed by atoms with Crippen molar-refractivity contribution in [3.8, 4) is 23.4 Å². The highest BCUT2D eigenvalue weighted by Gasteiger charge is 2.09. The highest BCUT2D eigenvalue weighted by molar-refractivity contribution is 5.79. The van der Waals surface area contributed by atoms with E-state index in [2.05, 4.69) is 52.3 Å². The molecule has 5 aromatic rings. The van der Waals surface area contributed by atoms with E-state index in [1.165, 1.54) is 6.20 Å². The van der Waals surface area contributed by atoms with Gasteiger partial charge in [-0.05, 0) is 54.8 Å². The molecule has 0 aliphatic carbocycles. The molecule has 160 valence electrons. The molecule has 0 saturated heterocycles. The van der Waals surface area contributed by atoms with Crippen LogP contribution in [0.1, 0.15) is 22.4 Å². The van der Waals surface area contributed by atoms with Gasteiger partial charge >= 0.3 is 0 Å². The van der Waals surface area contributed by atoms with Gasteiger partial charge in [-0.1, -0.05) is 5.92 Å². The van der Waals surface area contributed by atoms with Gasteiger partial charge in [-0.25, -0.2) is 24.9 Å². The molecule has 0 aliphatic heterocycles. The van der Waals surface area contributed by atoms with Crippen LogP contribution in [0.15, 0.2) is 61.2 Å². The third kappa shape index (κ3) is 4.50. The average Bonchev–Trinajstić information content (AvgIpc) is 3.31. The maximum absolute atomic E-state index is 14.0. The third-order valence-corrected chi connectivity index (χ3v) is 4.98. The van der Waals surface area contributed by atoms with Gasteiger partial charge in [-0.3, -0.25) is 5.10 Å². The lowest BCUT2D eigenvalue weighted by atomic mass is 10.1. The lowest BCUT2D eigenvalue weighted by Gasteiger charge is -2.08. The van der Waals surface area contributed by atoms with Gasteiger partial charge in [0.1, 0.15) is 11.4 Å². The molecule has 4 heterocycles. The van der Waals surface area contributed by atoms with Gasteiger partial charge in [0.2, 0.25) is 11.9 Å². The predicted molar refractivity (Wildman–Crippen MR) is 121 cm³/mol. The first-order chi connectivity index (χ1) is 16.2. The summed E-state index contributed by atoms with van der Waals surface area (Å²) < 4.78 is 14.0. The molecule has 9 heteroatoms. The van der Waals surface area contributed by atoms with Gasteiger partial charge in [-0.15, -0.1) is 0 Å². The number of nitrogens with one attached hydrogen (secondary N) is 2. The summed E-state index contributed by atoms with van der Waals surface area (Å²) in [6.07, 6.45) is 6.43. The number of halogens is 1. The van der Waals surface area contributed by atoms with E-state index in [-0.39, 0.29) is 6.54 Å². The van der Waals surface area contributed by atoms with Crippen LogP contribution in [0.2, 0.25) is 0 Å². The van der Waals surface area contributed by atoms with E-state index >= 15 is 0 Å². The molecule has 0 bridgehead atoms. The lowest BCUT2D eigenvalue weighted by molar-refractivity contribution is 0.567.